The summed E-state index contributed by atoms with van der Waals surface area (Å²) in [5, 5.41) is 3.21. The first-order valence-corrected chi connectivity index (χ1v) is 9.46. The van der Waals surface area contributed by atoms with Crippen LogP contribution in [0.1, 0.15) is 32.4 Å². The van der Waals surface area contributed by atoms with Gasteiger partial charge in [-0.2, -0.15) is 0 Å². The van der Waals surface area contributed by atoms with E-state index in [0.29, 0.717) is 5.56 Å². The average molecular weight is 360 g/mol. The van der Waals surface area contributed by atoms with Crippen molar-refractivity contribution in [2.75, 3.05) is 7.05 Å². The van der Waals surface area contributed by atoms with Gasteiger partial charge >= 0.3 is 0 Å². The number of amides is 1. The van der Waals surface area contributed by atoms with Crippen molar-refractivity contribution in [3.63, 3.8) is 0 Å². The molecule has 2 aromatic heterocycles. The smallest absolute Gasteiger partial charge is 0.254 e. The Morgan fingerprint density at radius 3 is 2.69 bits per heavy atom. The Labute approximate surface area is 156 Å². The van der Waals surface area contributed by atoms with E-state index in [4.69, 9.17) is 0 Å². The Bertz CT molecular complexity index is 1050. The van der Waals surface area contributed by atoms with Gasteiger partial charge in [-0.25, -0.2) is 0 Å². The van der Waals surface area contributed by atoms with Crippen LogP contribution < -0.4 is 0 Å². The van der Waals surface area contributed by atoms with Gasteiger partial charge in [0.1, 0.15) is 0 Å². The molecule has 26 heavy (non-hydrogen) atoms. The van der Waals surface area contributed by atoms with E-state index in [9.17, 15) is 4.79 Å². The van der Waals surface area contributed by atoms with Crippen molar-refractivity contribution in [2.24, 2.45) is 0 Å². The number of aromatic nitrogens is 1. The summed E-state index contributed by atoms with van der Waals surface area (Å²) in [5.41, 5.74) is 4.00. The largest absolute Gasteiger partial charge is 0.361 e. The van der Waals surface area contributed by atoms with Gasteiger partial charge in [-0.05, 0) is 36.6 Å². The molecule has 0 saturated heterocycles. The third kappa shape index (κ3) is 2.93. The van der Waals surface area contributed by atoms with Crippen molar-refractivity contribution in [3.05, 3.63) is 93.8 Å². The van der Waals surface area contributed by atoms with Crippen LogP contribution in [0.4, 0.5) is 0 Å². The third-order valence-electron chi connectivity index (χ3n) is 4.70. The number of thiophene rings is 1. The second kappa shape index (κ2) is 6.81. The fraction of sp³-hybridized carbons (Fsp3) is 0.136. The fourth-order valence-electron chi connectivity index (χ4n) is 3.42. The van der Waals surface area contributed by atoms with Crippen molar-refractivity contribution in [3.8, 4) is 0 Å². The number of H-pyrrole nitrogens is 1. The summed E-state index contributed by atoms with van der Waals surface area (Å²) >= 11 is 1.67. The van der Waals surface area contributed by atoms with Crippen LogP contribution in [-0.2, 0) is 0 Å². The predicted molar refractivity (Wildman–Crippen MR) is 108 cm³/mol. The Hall–Kier alpha value is -2.85. The zero-order chi connectivity index (χ0) is 18.1. The monoisotopic (exact) mass is 360 g/mol. The zero-order valence-corrected chi connectivity index (χ0v) is 15.6. The number of hydrogen-bond acceptors (Lipinski definition) is 2. The quantitative estimate of drug-likeness (QED) is 0.520. The third-order valence-corrected chi connectivity index (χ3v) is 5.63. The van der Waals surface area contributed by atoms with E-state index in [2.05, 4.69) is 28.6 Å². The highest BCUT2D eigenvalue weighted by atomic mass is 32.1. The number of fused-ring (bicyclic) bond motifs is 1. The maximum absolute atomic E-state index is 13.2. The van der Waals surface area contributed by atoms with Crippen molar-refractivity contribution in [1.29, 1.82) is 0 Å². The number of nitrogens with zero attached hydrogens (tertiary/aromatic N) is 1. The van der Waals surface area contributed by atoms with E-state index >= 15 is 0 Å². The lowest BCUT2D eigenvalue weighted by Crippen LogP contribution is -2.31. The van der Waals surface area contributed by atoms with Gasteiger partial charge in [-0.1, -0.05) is 42.0 Å². The average Bonchev–Trinajstić information content (AvgIpc) is 3.32. The topological polar surface area (TPSA) is 36.1 Å². The van der Waals surface area contributed by atoms with Crippen LogP contribution in [0.15, 0.2) is 72.2 Å². The first-order valence-electron chi connectivity index (χ1n) is 8.58. The van der Waals surface area contributed by atoms with Crippen LogP contribution in [0.5, 0.6) is 0 Å². The molecule has 1 atom stereocenters. The van der Waals surface area contributed by atoms with Crippen LogP contribution in [0.2, 0.25) is 0 Å². The van der Waals surface area contributed by atoms with E-state index in [1.54, 1.807) is 11.3 Å². The Balaban J connectivity index is 1.80. The SMILES string of the molecule is Cc1cccc(C(=O)N(C)[C@H](c2cccs2)c2c[nH]c3ccccc23)c1. The molecule has 1 amide bonds. The molecule has 0 aliphatic carbocycles. The summed E-state index contributed by atoms with van der Waals surface area (Å²) < 4.78 is 0. The molecular formula is C22H20N2OS. The normalized spacial score (nSPS) is 12.2. The molecular weight excluding hydrogens is 340 g/mol. The summed E-state index contributed by atoms with van der Waals surface area (Å²) in [6.07, 6.45) is 2.02. The molecule has 0 unspecified atom stereocenters. The number of carbonyl (C=O) groups excluding carboxylic acids is 1. The van der Waals surface area contributed by atoms with Crippen LogP contribution in [0.25, 0.3) is 10.9 Å². The molecule has 0 fully saturated rings. The number of para-hydroxylation sites is 1. The number of aromatic amines is 1. The van der Waals surface area contributed by atoms with Gasteiger partial charge in [0.2, 0.25) is 0 Å². The molecule has 0 radical (unpaired) electrons. The van der Waals surface area contributed by atoms with E-state index in [1.807, 2.05) is 67.5 Å². The highest BCUT2D eigenvalue weighted by molar-refractivity contribution is 7.10. The van der Waals surface area contributed by atoms with E-state index in [0.717, 1.165) is 26.9 Å². The van der Waals surface area contributed by atoms with Gasteiger partial charge in [0.15, 0.2) is 0 Å². The minimum Gasteiger partial charge on any atom is -0.361 e. The molecule has 4 aromatic rings. The van der Waals surface area contributed by atoms with Gasteiger partial charge in [-0.15, -0.1) is 11.3 Å². The Morgan fingerprint density at radius 1 is 1.08 bits per heavy atom. The lowest BCUT2D eigenvalue weighted by atomic mass is 10.0. The molecule has 0 aliphatic heterocycles. The summed E-state index contributed by atoms with van der Waals surface area (Å²) in [5.74, 6) is 0.0254. The van der Waals surface area contributed by atoms with Crippen molar-refractivity contribution >= 4 is 28.1 Å². The van der Waals surface area contributed by atoms with Crippen molar-refractivity contribution < 1.29 is 4.79 Å². The fourth-order valence-corrected chi connectivity index (χ4v) is 4.30. The van der Waals surface area contributed by atoms with Gasteiger partial charge < -0.3 is 9.88 Å². The maximum atomic E-state index is 13.2. The van der Waals surface area contributed by atoms with Gasteiger partial charge in [-0.3, -0.25) is 4.79 Å². The van der Waals surface area contributed by atoms with E-state index in [1.165, 1.54) is 0 Å². The summed E-state index contributed by atoms with van der Waals surface area (Å²) in [7, 11) is 1.89. The zero-order valence-electron chi connectivity index (χ0n) is 14.8. The van der Waals surface area contributed by atoms with E-state index in [-0.39, 0.29) is 11.9 Å². The molecule has 2 heterocycles. The van der Waals surface area contributed by atoms with Gasteiger partial charge in [0, 0.05) is 40.2 Å². The minimum absolute atomic E-state index is 0.0254. The minimum atomic E-state index is -0.126. The molecule has 4 heteroatoms. The predicted octanol–water partition coefficient (Wildman–Crippen LogP) is 5.40. The molecule has 130 valence electrons. The number of hydrogen-bond donors (Lipinski definition) is 1. The maximum Gasteiger partial charge on any atom is 0.254 e. The number of rotatable bonds is 4. The molecule has 4 rings (SSSR count). The summed E-state index contributed by atoms with van der Waals surface area (Å²) in [4.78, 5) is 19.5. The molecule has 1 N–H and O–H groups in total. The summed E-state index contributed by atoms with van der Waals surface area (Å²) in [6.45, 7) is 2.01. The molecule has 0 aliphatic rings. The molecule has 0 bridgehead atoms. The van der Waals surface area contributed by atoms with Crippen molar-refractivity contribution in [2.45, 2.75) is 13.0 Å². The molecule has 0 spiro atoms. The van der Waals surface area contributed by atoms with Crippen LogP contribution in [0, 0.1) is 6.92 Å². The summed E-state index contributed by atoms with van der Waals surface area (Å²) in [6, 6.07) is 20.0. The van der Waals surface area contributed by atoms with Crippen LogP contribution in [-0.4, -0.2) is 22.8 Å². The van der Waals surface area contributed by atoms with E-state index < -0.39 is 0 Å². The second-order valence-corrected chi connectivity index (χ2v) is 7.47. The number of nitrogens with one attached hydrogen (secondary N) is 1. The highest BCUT2D eigenvalue weighted by Crippen LogP contribution is 2.35. The first-order chi connectivity index (χ1) is 12.6. The molecule has 0 saturated carbocycles. The van der Waals surface area contributed by atoms with Crippen LogP contribution >= 0.6 is 11.3 Å². The lowest BCUT2D eigenvalue weighted by Gasteiger charge is -2.28. The molecule has 2 aromatic carbocycles. The Morgan fingerprint density at radius 2 is 1.92 bits per heavy atom. The van der Waals surface area contributed by atoms with Crippen LogP contribution in [0.3, 0.4) is 0 Å². The van der Waals surface area contributed by atoms with Crippen molar-refractivity contribution in [1.82, 2.24) is 9.88 Å². The highest BCUT2D eigenvalue weighted by Gasteiger charge is 2.27. The van der Waals surface area contributed by atoms with Gasteiger partial charge in [0.05, 0.1) is 6.04 Å². The molecule has 3 nitrogen and oxygen atoms in total. The second-order valence-electron chi connectivity index (χ2n) is 6.49. The Kier molecular flexibility index (Phi) is 4.35. The number of aryl methyl sites for hydroxylation is 1. The van der Waals surface area contributed by atoms with Gasteiger partial charge in [0.25, 0.3) is 5.91 Å². The first kappa shape index (κ1) is 16.6. The standard InChI is InChI=1S/C22H20N2OS/c1-15-7-5-8-16(13-15)22(25)24(2)21(20-11-6-12-26-20)18-14-23-19-10-4-3-9-17(18)19/h3-14,21,23H,1-2H3/t21-/m0/s1. The number of benzene rings is 2. The number of carbonyl (C=O) groups is 1. The lowest BCUT2D eigenvalue weighted by molar-refractivity contribution is 0.0758.